The zero-order valence-electron chi connectivity index (χ0n) is 10.7. The summed E-state index contributed by atoms with van der Waals surface area (Å²) in [6, 6.07) is 10.2. The van der Waals surface area contributed by atoms with Gasteiger partial charge in [0.25, 0.3) is 0 Å². The Morgan fingerprint density at radius 2 is 2.11 bits per heavy atom. The quantitative estimate of drug-likeness (QED) is 0.776. The largest absolute Gasteiger partial charge is 0.359 e. The Labute approximate surface area is 117 Å². The number of fused-ring (bicyclic) bond motifs is 1. The molecular weight excluding hydrogens is 264 g/mol. The lowest BCUT2D eigenvalue weighted by Crippen LogP contribution is -2.21. The molecule has 2 nitrogen and oxygen atoms in total. The summed E-state index contributed by atoms with van der Waals surface area (Å²) < 4.78 is 0. The van der Waals surface area contributed by atoms with Gasteiger partial charge in [0, 0.05) is 30.6 Å². The molecule has 1 aromatic carbocycles. The molecule has 0 aliphatic carbocycles. The predicted molar refractivity (Wildman–Crippen MR) is 83.0 cm³/mol. The number of hydrogen-bond donors (Lipinski definition) is 0. The minimum Gasteiger partial charge on any atom is -0.359 e. The number of para-hydroxylation sites is 1. The minimum absolute atomic E-state index is 0.520. The second kappa shape index (κ2) is 6.30. The van der Waals surface area contributed by atoms with Crippen LogP contribution in [-0.4, -0.2) is 30.6 Å². The molecule has 18 heavy (non-hydrogen) atoms. The van der Waals surface area contributed by atoms with Crippen LogP contribution in [0.3, 0.4) is 0 Å². The number of halogens is 1. The number of benzene rings is 1. The number of nitrogens with zero attached hydrogens (tertiary/aromatic N) is 2. The van der Waals surface area contributed by atoms with E-state index in [0.29, 0.717) is 5.88 Å². The summed E-state index contributed by atoms with van der Waals surface area (Å²) in [4.78, 5) is 6.87. The summed E-state index contributed by atoms with van der Waals surface area (Å²) in [6.45, 7) is 0.994. The van der Waals surface area contributed by atoms with Crippen molar-refractivity contribution in [3.63, 3.8) is 0 Å². The number of thioether (sulfide) groups is 1. The third kappa shape index (κ3) is 2.90. The first-order chi connectivity index (χ1) is 8.76. The van der Waals surface area contributed by atoms with E-state index < -0.39 is 0 Å². The normalized spacial score (nSPS) is 10.8. The molecule has 0 fully saturated rings. The zero-order valence-corrected chi connectivity index (χ0v) is 12.3. The number of anilines is 1. The van der Waals surface area contributed by atoms with Gasteiger partial charge in [0.1, 0.15) is 5.82 Å². The number of alkyl halides is 1. The summed E-state index contributed by atoms with van der Waals surface area (Å²) in [5, 5.41) is 1.15. The molecule has 0 radical (unpaired) electrons. The summed E-state index contributed by atoms with van der Waals surface area (Å²) >= 11 is 7.88. The van der Waals surface area contributed by atoms with Crippen molar-refractivity contribution in [3.05, 3.63) is 35.9 Å². The molecule has 1 aromatic heterocycles. The van der Waals surface area contributed by atoms with Gasteiger partial charge >= 0.3 is 0 Å². The number of rotatable bonds is 5. The molecule has 0 aliphatic heterocycles. The minimum atomic E-state index is 0.520. The smallest absolute Gasteiger partial charge is 0.129 e. The third-order valence-electron chi connectivity index (χ3n) is 2.95. The standard InChI is InChI=1S/C14H17ClN2S/c1-17(7-8-18-2)14-9-11(10-15)12-5-3-4-6-13(12)16-14/h3-6,9H,7-8,10H2,1-2H3. The van der Waals surface area contributed by atoms with Gasteiger partial charge in [-0.2, -0.15) is 11.8 Å². The van der Waals surface area contributed by atoms with E-state index in [-0.39, 0.29) is 0 Å². The second-order valence-electron chi connectivity index (χ2n) is 4.20. The SMILES string of the molecule is CSCCN(C)c1cc(CCl)c2ccccc2n1. The predicted octanol–water partition coefficient (Wildman–Crippen LogP) is 3.77. The molecule has 2 rings (SSSR count). The zero-order chi connectivity index (χ0) is 13.0. The lowest BCUT2D eigenvalue weighted by Gasteiger charge is -2.19. The summed E-state index contributed by atoms with van der Waals surface area (Å²) in [5.41, 5.74) is 2.16. The van der Waals surface area contributed by atoms with Gasteiger partial charge < -0.3 is 4.90 Å². The summed E-state index contributed by atoms with van der Waals surface area (Å²) in [7, 11) is 2.07. The van der Waals surface area contributed by atoms with Gasteiger partial charge in [-0.25, -0.2) is 4.98 Å². The fourth-order valence-corrected chi connectivity index (χ4v) is 2.56. The number of hydrogen-bond acceptors (Lipinski definition) is 3. The average Bonchev–Trinajstić information content (AvgIpc) is 2.43. The topological polar surface area (TPSA) is 16.1 Å². The van der Waals surface area contributed by atoms with Crippen LogP contribution >= 0.6 is 23.4 Å². The summed E-state index contributed by atoms with van der Waals surface area (Å²) in [6.07, 6.45) is 2.12. The first kappa shape index (κ1) is 13.5. The average molecular weight is 281 g/mol. The van der Waals surface area contributed by atoms with Crippen molar-refractivity contribution >= 4 is 40.1 Å². The van der Waals surface area contributed by atoms with E-state index in [9.17, 15) is 0 Å². The van der Waals surface area contributed by atoms with Crippen LogP contribution < -0.4 is 4.90 Å². The van der Waals surface area contributed by atoms with Crippen LogP contribution in [0.1, 0.15) is 5.56 Å². The highest BCUT2D eigenvalue weighted by Gasteiger charge is 2.07. The molecule has 0 saturated heterocycles. The van der Waals surface area contributed by atoms with Gasteiger partial charge in [-0.3, -0.25) is 0 Å². The molecule has 0 atom stereocenters. The van der Waals surface area contributed by atoms with Gasteiger partial charge in [-0.15, -0.1) is 11.6 Å². The van der Waals surface area contributed by atoms with E-state index in [1.807, 2.05) is 30.0 Å². The number of pyridine rings is 1. The molecule has 0 unspecified atom stereocenters. The third-order valence-corrected chi connectivity index (χ3v) is 3.83. The van der Waals surface area contributed by atoms with E-state index in [1.54, 1.807) is 0 Å². The van der Waals surface area contributed by atoms with Gasteiger partial charge in [-0.1, -0.05) is 18.2 Å². The Morgan fingerprint density at radius 3 is 2.83 bits per heavy atom. The number of aromatic nitrogens is 1. The van der Waals surface area contributed by atoms with Crippen molar-refractivity contribution in [1.29, 1.82) is 0 Å². The van der Waals surface area contributed by atoms with Crippen LogP contribution in [0, 0.1) is 0 Å². The van der Waals surface area contributed by atoms with E-state index in [0.717, 1.165) is 34.6 Å². The van der Waals surface area contributed by atoms with Crippen LogP contribution in [0.4, 0.5) is 5.82 Å². The van der Waals surface area contributed by atoms with Crippen LogP contribution in [0.25, 0.3) is 10.9 Å². The van der Waals surface area contributed by atoms with Gasteiger partial charge in [0.2, 0.25) is 0 Å². The molecule has 96 valence electrons. The molecule has 0 aliphatic rings. The molecule has 0 saturated carbocycles. The van der Waals surface area contributed by atoms with Crippen molar-refractivity contribution in [2.75, 3.05) is 30.5 Å². The molecule has 4 heteroatoms. The molecule has 0 spiro atoms. The van der Waals surface area contributed by atoms with Crippen molar-refractivity contribution < 1.29 is 0 Å². The van der Waals surface area contributed by atoms with Crippen molar-refractivity contribution in [2.45, 2.75) is 5.88 Å². The first-order valence-corrected chi connectivity index (χ1v) is 7.84. The maximum atomic E-state index is 6.04. The first-order valence-electron chi connectivity index (χ1n) is 5.91. The molecule has 1 heterocycles. The van der Waals surface area contributed by atoms with Crippen LogP contribution in [0.15, 0.2) is 30.3 Å². The van der Waals surface area contributed by atoms with Crippen molar-refractivity contribution in [1.82, 2.24) is 4.98 Å². The lowest BCUT2D eigenvalue weighted by molar-refractivity contribution is 0.951. The van der Waals surface area contributed by atoms with Gasteiger partial charge in [0.05, 0.1) is 5.52 Å². The highest BCUT2D eigenvalue weighted by molar-refractivity contribution is 7.98. The monoisotopic (exact) mass is 280 g/mol. The van der Waals surface area contributed by atoms with E-state index in [4.69, 9.17) is 16.6 Å². The Balaban J connectivity index is 2.40. The van der Waals surface area contributed by atoms with Gasteiger partial charge in [-0.05, 0) is 24.0 Å². The van der Waals surface area contributed by atoms with Gasteiger partial charge in [0.15, 0.2) is 0 Å². The fourth-order valence-electron chi connectivity index (χ4n) is 1.88. The Morgan fingerprint density at radius 1 is 1.33 bits per heavy atom. The fraction of sp³-hybridized carbons (Fsp3) is 0.357. The van der Waals surface area contributed by atoms with E-state index in [1.165, 1.54) is 0 Å². The maximum absolute atomic E-state index is 6.04. The maximum Gasteiger partial charge on any atom is 0.129 e. The molecule has 0 N–H and O–H groups in total. The lowest BCUT2D eigenvalue weighted by atomic mass is 10.1. The van der Waals surface area contributed by atoms with Crippen LogP contribution in [0.2, 0.25) is 0 Å². The van der Waals surface area contributed by atoms with Crippen molar-refractivity contribution in [2.24, 2.45) is 0 Å². The second-order valence-corrected chi connectivity index (χ2v) is 5.46. The Hall–Kier alpha value is -0.930. The highest BCUT2D eigenvalue weighted by Crippen LogP contribution is 2.23. The molecule has 0 amide bonds. The molecule has 2 aromatic rings. The van der Waals surface area contributed by atoms with Crippen LogP contribution in [0.5, 0.6) is 0 Å². The Kier molecular flexibility index (Phi) is 4.72. The van der Waals surface area contributed by atoms with Crippen molar-refractivity contribution in [3.8, 4) is 0 Å². The molecular formula is C14H17ClN2S. The van der Waals surface area contributed by atoms with Crippen LogP contribution in [-0.2, 0) is 5.88 Å². The van der Waals surface area contributed by atoms with E-state index in [2.05, 4.69) is 30.3 Å². The van der Waals surface area contributed by atoms with E-state index >= 15 is 0 Å². The summed E-state index contributed by atoms with van der Waals surface area (Å²) in [5.74, 6) is 2.62. The Bertz CT molecular complexity index is 530. The highest BCUT2D eigenvalue weighted by atomic mass is 35.5. The molecule has 0 bridgehead atoms.